The lowest BCUT2D eigenvalue weighted by atomic mass is 10.2. The van der Waals surface area contributed by atoms with E-state index in [1.807, 2.05) is 0 Å². The maximum absolute atomic E-state index is 10.9. The van der Waals surface area contributed by atoms with Gasteiger partial charge in [0.25, 0.3) is 0 Å². The Bertz CT molecular complexity index is 734. The Morgan fingerprint density at radius 2 is 2.18 bits per heavy atom. The Kier molecular flexibility index (Phi) is 4.80. The number of benzene rings is 2. The summed E-state index contributed by atoms with van der Waals surface area (Å²) in [6, 6.07) is 9.56. The minimum atomic E-state index is -0.695. The molecule has 0 unspecified atom stereocenters. The van der Waals surface area contributed by atoms with Gasteiger partial charge in [-0.15, -0.1) is 0 Å². The lowest BCUT2D eigenvalue weighted by Crippen LogP contribution is -1.96. The molecule has 0 aliphatic carbocycles. The second kappa shape index (κ2) is 6.77. The quantitative estimate of drug-likeness (QED) is 0.499. The zero-order chi connectivity index (χ0) is 16.1. The van der Waals surface area contributed by atoms with Crippen LogP contribution in [0.2, 0.25) is 5.02 Å². The van der Waals surface area contributed by atoms with E-state index < -0.39 is 16.4 Å². The summed E-state index contributed by atoms with van der Waals surface area (Å²) in [5.74, 6) is -0.522. The molecule has 0 spiro atoms. The predicted octanol–water partition coefficient (Wildman–Crippen LogP) is 3.41. The molecule has 0 aliphatic heterocycles. The molecule has 2 aromatic rings. The molecule has 0 saturated carbocycles. The van der Waals surface area contributed by atoms with E-state index in [2.05, 4.69) is 10.5 Å². The second-order valence-electron chi connectivity index (χ2n) is 4.23. The number of anilines is 1. The lowest BCUT2D eigenvalue weighted by molar-refractivity contribution is -0.386. The average Bonchev–Trinajstić information content (AvgIpc) is 2.48. The first-order chi connectivity index (χ1) is 10.5. The van der Waals surface area contributed by atoms with E-state index in [4.69, 9.17) is 16.3 Å². The molecule has 114 valence electrons. The van der Waals surface area contributed by atoms with Crippen LogP contribution in [0.1, 0.15) is 5.56 Å². The number of ether oxygens (including phenoxy) is 1. The number of nitro groups is 1. The zero-order valence-corrected chi connectivity index (χ0v) is 12.2. The van der Waals surface area contributed by atoms with Crippen LogP contribution >= 0.6 is 11.6 Å². The lowest BCUT2D eigenvalue weighted by Gasteiger charge is -2.05. The molecule has 2 aromatic carbocycles. The van der Waals surface area contributed by atoms with Crippen molar-refractivity contribution in [3.63, 3.8) is 0 Å². The van der Waals surface area contributed by atoms with Gasteiger partial charge in [-0.3, -0.25) is 15.5 Å². The van der Waals surface area contributed by atoms with Gasteiger partial charge in [0, 0.05) is 16.7 Å². The van der Waals surface area contributed by atoms with Crippen molar-refractivity contribution >= 4 is 29.2 Å². The highest BCUT2D eigenvalue weighted by molar-refractivity contribution is 6.30. The largest absolute Gasteiger partial charge is 0.500 e. The molecule has 0 aliphatic rings. The summed E-state index contributed by atoms with van der Waals surface area (Å²) in [6.45, 7) is 0. The van der Waals surface area contributed by atoms with Gasteiger partial charge in [0.05, 0.1) is 23.9 Å². The molecule has 22 heavy (non-hydrogen) atoms. The number of nitrogens with one attached hydrogen (secondary N) is 1. The molecule has 8 heteroatoms. The average molecular weight is 322 g/mol. The van der Waals surface area contributed by atoms with Gasteiger partial charge in [-0.2, -0.15) is 5.10 Å². The van der Waals surface area contributed by atoms with Crippen LogP contribution in [0.4, 0.5) is 11.4 Å². The van der Waals surface area contributed by atoms with E-state index in [0.717, 1.165) is 0 Å². The molecule has 0 bridgehead atoms. The molecule has 2 rings (SSSR count). The van der Waals surface area contributed by atoms with Crippen molar-refractivity contribution in [2.45, 2.75) is 0 Å². The molecule has 0 saturated heterocycles. The highest BCUT2D eigenvalue weighted by Crippen LogP contribution is 2.36. The summed E-state index contributed by atoms with van der Waals surface area (Å²) in [6.07, 6.45) is 1.37. The molecular formula is C14H12ClN3O4. The Morgan fingerprint density at radius 3 is 2.82 bits per heavy atom. The number of aromatic hydroxyl groups is 1. The molecule has 0 heterocycles. The summed E-state index contributed by atoms with van der Waals surface area (Å²) in [7, 11) is 1.31. The van der Waals surface area contributed by atoms with Gasteiger partial charge in [0.2, 0.25) is 5.75 Å². The first kappa shape index (κ1) is 15.6. The monoisotopic (exact) mass is 321 g/mol. The third-order valence-corrected chi connectivity index (χ3v) is 2.96. The summed E-state index contributed by atoms with van der Waals surface area (Å²) < 4.78 is 4.90. The van der Waals surface area contributed by atoms with Gasteiger partial charge >= 0.3 is 5.69 Å². The van der Waals surface area contributed by atoms with Crippen LogP contribution in [-0.4, -0.2) is 23.4 Å². The van der Waals surface area contributed by atoms with Gasteiger partial charge in [0.1, 0.15) is 0 Å². The van der Waals surface area contributed by atoms with Crippen molar-refractivity contribution in [1.82, 2.24) is 0 Å². The van der Waals surface area contributed by atoms with E-state index in [0.29, 0.717) is 16.3 Å². The van der Waals surface area contributed by atoms with Crippen LogP contribution in [0.25, 0.3) is 0 Å². The van der Waals surface area contributed by atoms with Crippen molar-refractivity contribution < 1.29 is 14.8 Å². The van der Waals surface area contributed by atoms with Crippen LogP contribution in [0.15, 0.2) is 41.5 Å². The smallest absolute Gasteiger partial charge is 0.315 e. The predicted molar refractivity (Wildman–Crippen MR) is 84.0 cm³/mol. The summed E-state index contributed by atoms with van der Waals surface area (Å²) >= 11 is 5.84. The van der Waals surface area contributed by atoms with E-state index in [1.54, 1.807) is 24.3 Å². The van der Waals surface area contributed by atoms with E-state index in [-0.39, 0.29) is 5.75 Å². The van der Waals surface area contributed by atoms with E-state index in [9.17, 15) is 15.2 Å². The number of nitro benzene ring substituents is 1. The first-order valence-corrected chi connectivity index (χ1v) is 6.49. The van der Waals surface area contributed by atoms with Crippen LogP contribution in [0.3, 0.4) is 0 Å². The number of halogens is 1. The Morgan fingerprint density at radius 1 is 1.41 bits per heavy atom. The fraction of sp³-hybridized carbons (Fsp3) is 0.0714. The first-order valence-electron chi connectivity index (χ1n) is 6.11. The molecule has 0 amide bonds. The van der Waals surface area contributed by atoms with Gasteiger partial charge in [-0.1, -0.05) is 17.7 Å². The minimum Gasteiger partial charge on any atom is -0.500 e. The number of hydrogen-bond acceptors (Lipinski definition) is 6. The number of methoxy groups -OCH3 is 1. The number of hydrogen-bond donors (Lipinski definition) is 2. The molecule has 2 N–H and O–H groups in total. The van der Waals surface area contributed by atoms with Crippen molar-refractivity contribution in [2.75, 3.05) is 12.5 Å². The van der Waals surface area contributed by atoms with Gasteiger partial charge in [-0.05, 0) is 24.3 Å². The third kappa shape index (κ3) is 3.64. The molecule has 7 nitrogen and oxygen atoms in total. The Labute approximate surface area is 130 Å². The number of phenols is 1. The van der Waals surface area contributed by atoms with Crippen molar-refractivity contribution in [3.05, 3.63) is 57.1 Å². The summed E-state index contributed by atoms with van der Waals surface area (Å²) in [4.78, 5) is 10.2. The van der Waals surface area contributed by atoms with Gasteiger partial charge < -0.3 is 9.84 Å². The summed E-state index contributed by atoms with van der Waals surface area (Å²) in [5, 5.41) is 25.1. The molecule has 0 aromatic heterocycles. The number of hydrazone groups is 1. The zero-order valence-electron chi connectivity index (χ0n) is 11.5. The van der Waals surface area contributed by atoms with Crippen LogP contribution in [0.5, 0.6) is 11.5 Å². The standard InChI is InChI=1S/C14H12ClN3O4/c1-22-13-6-9(5-12(14(13)19)18(20)21)8-16-17-11-4-2-3-10(15)7-11/h2-8,17,19H,1H3. The van der Waals surface area contributed by atoms with E-state index in [1.165, 1.54) is 25.5 Å². The second-order valence-corrected chi connectivity index (χ2v) is 4.66. The number of rotatable bonds is 5. The Hall–Kier alpha value is -2.80. The third-order valence-electron chi connectivity index (χ3n) is 2.73. The fourth-order valence-corrected chi connectivity index (χ4v) is 1.91. The maximum Gasteiger partial charge on any atom is 0.315 e. The fourth-order valence-electron chi connectivity index (χ4n) is 1.72. The van der Waals surface area contributed by atoms with Crippen molar-refractivity contribution in [2.24, 2.45) is 5.10 Å². The van der Waals surface area contributed by atoms with Crippen molar-refractivity contribution in [3.8, 4) is 11.5 Å². The van der Waals surface area contributed by atoms with Crippen LogP contribution in [0, 0.1) is 10.1 Å². The summed E-state index contributed by atoms with van der Waals surface area (Å²) in [5.41, 5.74) is 3.36. The topological polar surface area (TPSA) is 97.0 Å². The molecular weight excluding hydrogens is 310 g/mol. The minimum absolute atomic E-state index is 0.00148. The molecule has 0 atom stereocenters. The number of phenolic OH excluding ortho intramolecular Hbond substituents is 1. The Balaban J connectivity index is 2.23. The highest BCUT2D eigenvalue weighted by atomic mass is 35.5. The van der Waals surface area contributed by atoms with Gasteiger partial charge in [0.15, 0.2) is 5.75 Å². The normalized spacial score (nSPS) is 10.6. The highest BCUT2D eigenvalue weighted by Gasteiger charge is 2.19. The van der Waals surface area contributed by atoms with Crippen molar-refractivity contribution in [1.29, 1.82) is 0 Å². The van der Waals surface area contributed by atoms with Gasteiger partial charge in [-0.25, -0.2) is 0 Å². The SMILES string of the molecule is COc1cc(C=NNc2cccc(Cl)c2)cc([N+](=O)[O-])c1O. The molecule has 0 fully saturated rings. The maximum atomic E-state index is 10.9. The van der Waals surface area contributed by atoms with Crippen LogP contribution in [-0.2, 0) is 0 Å². The molecule has 0 radical (unpaired) electrons. The number of nitrogens with zero attached hydrogens (tertiary/aromatic N) is 2. The van der Waals surface area contributed by atoms with E-state index >= 15 is 0 Å². The van der Waals surface area contributed by atoms with Crippen LogP contribution < -0.4 is 10.2 Å².